The van der Waals surface area contributed by atoms with Crippen molar-refractivity contribution in [3.63, 3.8) is 0 Å². The van der Waals surface area contributed by atoms with Gasteiger partial charge in [-0.3, -0.25) is 4.79 Å². The molecule has 1 aliphatic rings. The monoisotopic (exact) mass is 256 g/mol. The first kappa shape index (κ1) is 11.8. The Balaban J connectivity index is 2.31. The van der Waals surface area contributed by atoms with E-state index in [1.807, 2.05) is 26.0 Å². The Bertz CT molecular complexity index is 695. The van der Waals surface area contributed by atoms with Crippen LogP contribution in [0.25, 0.3) is 11.1 Å². The van der Waals surface area contributed by atoms with Gasteiger partial charge in [-0.2, -0.15) is 4.39 Å². The Kier molecular flexibility index (Phi) is 2.59. The lowest BCUT2D eigenvalue weighted by Crippen LogP contribution is -2.12. The van der Waals surface area contributed by atoms with E-state index in [4.69, 9.17) is 0 Å². The summed E-state index contributed by atoms with van der Waals surface area (Å²) in [7, 11) is 0. The summed E-state index contributed by atoms with van der Waals surface area (Å²) in [6.07, 6.45) is 1.67. The topological polar surface area (TPSA) is 42.0 Å². The van der Waals surface area contributed by atoms with E-state index in [-0.39, 0.29) is 12.3 Å². The van der Waals surface area contributed by atoms with Crippen molar-refractivity contribution in [2.45, 2.75) is 20.3 Å². The molecular formula is C15H13FN2O. The molecule has 2 heterocycles. The zero-order valence-corrected chi connectivity index (χ0v) is 10.7. The lowest BCUT2D eigenvalue weighted by atomic mass is 9.96. The Labute approximate surface area is 110 Å². The van der Waals surface area contributed by atoms with Crippen molar-refractivity contribution in [1.82, 2.24) is 4.98 Å². The number of rotatable bonds is 0. The van der Waals surface area contributed by atoms with Crippen LogP contribution in [0.2, 0.25) is 0 Å². The molecule has 96 valence electrons. The van der Waals surface area contributed by atoms with Crippen LogP contribution >= 0.6 is 0 Å². The fraction of sp³-hybridized carbons (Fsp3) is 0.200. The highest BCUT2D eigenvalue weighted by Crippen LogP contribution is 2.35. The maximum atomic E-state index is 13.2. The van der Waals surface area contributed by atoms with E-state index in [1.54, 1.807) is 0 Å². The van der Waals surface area contributed by atoms with Crippen LogP contribution < -0.4 is 5.32 Å². The number of amides is 1. The largest absolute Gasteiger partial charge is 0.325 e. The van der Waals surface area contributed by atoms with Gasteiger partial charge in [0, 0.05) is 23.0 Å². The molecule has 3 rings (SSSR count). The van der Waals surface area contributed by atoms with E-state index in [2.05, 4.69) is 10.3 Å². The van der Waals surface area contributed by atoms with Crippen LogP contribution in [0.5, 0.6) is 0 Å². The standard InChI is InChI=1S/C15H13FN2O/c1-8-3-11-12-7-17-14(16)5-10(12)6-15(19)18-13(11)4-9(8)2/h3-5,7H,6H2,1-2H3,(H,18,19). The highest BCUT2D eigenvalue weighted by Gasteiger charge is 2.20. The Morgan fingerprint density at radius 3 is 2.68 bits per heavy atom. The van der Waals surface area contributed by atoms with Crippen molar-refractivity contribution >= 4 is 11.6 Å². The van der Waals surface area contributed by atoms with Crippen LogP contribution in [0.3, 0.4) is 0 Å². The number of carbonyl (C=O) groups is 1. The number of fused-ring (bicyclic) bond motifs is 3. The van der Waals surface area contributed by atoms with Crippen molar-refractivity contribution < 1.29 is 9.18 Å². The van der Waals surface area contributed by atoms with Crippen molar-refractivity contribution in [2.24, 2.45) is 0 Å². The van der Waals surface area contributed by atoms with Crippen LogP contribution in [0.1, 0.15) is 16.7 Å². The number of benzene rings is 1. The fourth-order valence-electron chi connectivity index (χ4n) is 2.37. The smallest absolute Gasteiger partial charge is 0.228 e. The van der Waals surface area contributed by atoms with Gasteiger partial charge in [0.25, 0.3) is 0 Å². The second-order valence-electron chi connectivity index (χ2n) is 4.87. The first-order valence-electron chi connectivity index (χ1n) is 6.10. The van der Waals surface area contributed by atoms with Gasteiger partial charge in [0.15, 0.2) is 0 Å². The van der Waals surface area contributed by atoms with Crippen LogP contribution in [0.15, 0.2) is 24.4 Å². The highest BCUT2D eigenvalue weighted by molar-refractivity contribution is 6.00. The van der Waals surface area contributed by atoms with Crippen molar-refractivity contribution in [2.75, 3.05) is 5.32 Å². The molecule has 1 N–H and O–H groups in total. The molecule has 0 saturated heterocycles. The van der Waals surface area contributed by atoms with E-state index >= 15 is 0 Å². The third kappa shape index (κ3) is 1.99. The molecule has 0 fully saturated rings. The Hall–Kier alpha value is -2.23. The van der Waals surface area contributed by atoms with Crippen LogP contribution in [0.4, 0.5) is 10.1 Å². The van der Waals surface area contributed by atoms with E-state index < -0.39 is 5.95 Å². The van der Waals surface area contributed by atoms with Crippen LogP contribution in [-0.2, 0) is 11.2 Å². The van der Waals surface area contributed by atoms with Gasteiger partial charge in [-0.25, -0.2) is 4.98 Å². The molecule has 0 atom stereocenters. The molecule has 0 spiro atoms. The van der Waals surface area contributed by atoms with Crippen molar-refractivity contribution in [3.8, 4) is 11.1 Å². The van der Waals surface area contributed by atoms with Gasteiger partial charge in [-0.15, -0.1) is 0 Å². The number of carbonyl (C=O) groups excluding carboxylic acids is 1. The number of nitrogens with one attached hydrogen (secondary N) is 1. The van der Waals surface area contributed by atoms with Gasteiger partial charge in [0.05, 0.1) is 6.42 Å². The molecule has 3 nitrogen and oxygen atoms in total. The van der Waals surface area contributed by atoms with Crippen LogP contribution in [0, 0.1) is 19.8 Å². The second-order valence-corrected chi connectivity index (χ2v) is 4.87. The summed E-state index contributed by atoms with van der Waals surface area (Å²) in [5.74, 6) is -0.687. The number of anilines is 1. The SMILES string of the molecule is Cc1cc2c(cc1C)-c1cnc(F)cc1CC(=O)N2. The van der Waals surface area contributed by atoms with E-state index in [9.17, 15) is 9.18 Å². The molecule has 19 heavy (non-hydrogen) atoms. The quantitative estimate of drug-likeness (QED) is 0.736. The summed E-state index contributed by atoms with van der Waals surface area (Å²) >= 11 is 0. The second kappa shape index (κ2) is 4.16. The molecule has 1 aliphatic heterocycles. The summed E-state index contributed by atoms with van der Waals surface area (Å²) in [4.78, 5) is 15.6. The molecule has 0 bridgehead atoms. The molecule has 4 heteroatoms. The molecule has 2 aromatic rings. The Morgan fingerprint density at radius 2 is 1.89 bits per heavy atom. The molecule has 1 amide bonds. The van der Waals surface area contributed by atoms with E-state index in [1.165, 1.54) is 12.3 Å². The summed E-state index contributed by atoms with van der Waals surface area (Å²) in [5, 5.41) is 2.87. The summed E-state index contributed by atoms with van der Waals surface area (Å²) < 4.78 is 13.2. The van der Waals surface area contributed by atoms with Gasteiger partial charge in [-0.1, -0.05) is 0 Å². The third-order valence-electron chi connectivity index (χ3n) is 3.51. The van der Waals surface area contributed by atoms with E-state index in [0.717, 1.165) is 27.9 Å². The van der Waals surface area contributed by atoms with Gasteiger partial charge < -0.3 is 5.32 Å². The summed E-state index contributed by atoms with van der Waals surface area (Å²) in [5.41, 5.74) is 5.39. The first-order chi connectivity index (χ1) is 9.04. The van der Waals surface area contributed by atoms with E-state index in [0.29, 0.717) is 5.56 Å². The van der Waals surface area contributed by atoms with Crippen molar-refractivity contribution in [3.05, 3.63) is 47.0 Å². The number of aryl methyl sites for hydroxylation is 2. The number of nitrogens with zero attached hydrogens (tertiary/aromatic N) is 1. The molecule has 0 saturated carbocycles. The average molecular weight is 256 g/mol. The third-order valence-corrected chi connectivity index (χ3v) is 3.51. The highest BCUT2D eigenvalue weighted by atomic mass is 19.1. The number of aromatic nitrogens is 1. The molecule has 0 aliphatic carbocycles. The lowest BCUT2D eigenvalue weighted by molar-refractivity contribution is -0.115. The Morgan fingerprint density at radius 1 is 1.16 bits per heavy atom. The van der Waals surface area contributed by atoms with Gasteiger partial charge in [-0.05, 0) is 48.7 Å². The summed E-state index contributed by atoms with van der Waals surface area (Å²) in [6.45, 7) is 4.01. The first-order valence-corrected chi connectivity index (χ1v) is 6.10. The minimum Gasteiger partial charge on any atom is -0.325 e. The predicted molar refractivity (Wildman–Crippen MR) is 71.4 cm³/mol. The fourth-order valence-corrected chi connectivity index (χ4v) is 2.37. The molecule has 1 aromatic carbocycles. The summed E-state index contributed by atoms with van der Waals surface area (Å²) in [6, 6.07) is 5.29. The maximum Gasteiger partial charge on any atom is 0.228 e. The maximum absolute atomic E-state index is 13.2. The minimum atomic E-state index is -0.557. The molecule has 0 unspecified atom stereocenters. The number of pyridine rings is 1. The van der Waals surface area contributed by atoms with Crippen LogP contribution in [-0.4, -0.2) is 10.9 Å². The number of hydrogen-bond donors (Lipinski definition) is 1. The zero-order valence-electron chi connectivity index (χ0n) is 10.7. The number of hydrogen-bond acceptors (Lipinski definition) is 2. The lowest BCUT2D eigenvalue weighted by Gasteiger charge is -2.11. The number of halogens is 1. The zero-order chi connectivity index (χ0) is 13.6. The van der Waals surface area contributed by atoms with Crippen molar-refractivity contribution in [1.29, 1.82) is 0 Å². The average Bonchev–Trinajstić information content (AvgIpc) is 2.45. The molecule has 1 aromatic heterocycles. The normalized spacial score (nSPS) is 13.3. The molecule has 0 radical (unpaired) electrons. The van der Waals surface area contributed by atoms with Gasteiger partial charge in [0.2, 0.25) is 11.9 Å². The predicted octanol–water partition coefficient (Wildman–Crippen LogP) is 3.00. The molecular weight excluding hydrogens is 243 g/mol. The van der Waals surface area contributed by atoms with Gasteiger partial charge in [0.1, 0.15) is 0 Å². The van der Waals surface area contributed by atoms with Gasteiger partial charge >= 0.3 is 0 Å². The minimum absolute atomic E-state index is 0.131.